The third kappa shape index (κ3) is 3.68. The topological polar surface area (TPSA) is 9.86 Å². The first-order valence-corrected chi connectivity index (χ1v) is 18.0. The van der Waals surface area contributed by atoms with Gasteiger partial charge in [-0.3, -0.25) is 0 Å². The van der Waals surface area contributed by atoms with Crippen LogP contribution in [0.2, 0.25) is 0 Å². The molecule has 0 bridgehead atoms. The van der Waals surface area contributed by atoms with Crippen LogP contribution in [0.25, 0.3) is 110 Å². The maximum atomic E-state index is 2.47. The van der Waals surface area contributed by atoms with Crippen LogP contribution in [0.15, 0.2) is 182 Å². The van der Waals surface area contributed by atoms with E-state index < -0.39 is 0 Å². The Balaban J connectivity index is 1.08. The smallest absolute Gasteiger partial charge is 0.0619 e. The third-order valence-corrected chi connectivity index (χ3v) is 11.4. The second-order valence-electron chi connectivity index (χ2n) is 14.1. The average molecular weight is 659 g/mol. The molecule has 240 valence electrons. The van der Waals surface area contributed by atoms with Crippen LogP contribution in [-0.4, -0.2) is 9.13 Å². The van der Waals surface area contributed by atoms with E-state index in [2.05, 4.69) is 191 Å². The summed E-state index contributed by atoms with van der Waals surface area (Å²) in [7, 11) is 0. The van der Waals surface area contributed by atoms with Crippen LogP contribution in [0.4, 0.5) is 0 Å². The molecule has 0 amide bonds. The minimum Gasteiger partial charge on any atom is -0.309 e. The molecule has 0 radical (unpaired) electrons. The molecule has 0 aliphatic heterocycles. The van der Waals surface area contributed by atoms with Crippen LogP contribution < -0.4 is 0 Å². The number of hydrogen-bond donors (Lipinski definition) is 0. The summed E-state index contributed by atoms with van der Waals surface area (Å²) in [6.45, 7) is 0. The van der Waals surface area contributed by atoms with Crippen LogP contribution in [0.5, 0.6) is 0 Å². The van der Waals surface area contributed by atoms with Gasteiger partial charge >= 0.3 is 0 Å². The zero-order valence-electron chi connectivity index (χ0n) is 28.2. The SMILES string of the molecule is c1ccc(-n2c3ccc(-c4ccc5c(c4)c4ccccc4n5-c4ccc5c6c(cccc46)-c4ccccc4-5)cc3c3ccc4ccccc4c32)cc1. The van der Waals surface area contributed by atoms with Gasteiger partial charge in [0.2, 0.25) is 0 Å². The molecule has 2 nitrogen and oxygen atoms in total. The maximum Gasteiger partial charge on any atom is 0.0619 e. The number of benzene rings is 9. The molecule has 11 aromatic rings. The standard InChI is InChI=1S/C50H30N2/c1-2-12-34(13-3-1)51-47-26-22-33(30-44(47)41-24-21-31-11-4-5-14-35(31)50(41)51)32-23-27-48-43(29-32)38-17-8-9-20-45(38)52(48)46-28-25-40-37-16-7-6-15-36(37)39-18-10-19-42(46)49(39)40/h1-30H. The highest BCUT2D eigenvalue weighted by molar-refractivity contribution is 6.21. The van der Waals surface area contributed by atoms with Crippen molar-refractivity contribution in [3.05, 3.63) is 182 Å². The van der Waals surface area contributed by atoms with E-state index in [0.717, 1.165) is 0 Å². The molecular formula is C50H30N2. The Kier molecular flexibility index (Phi) is 5.53. The summed E-state index contributed by atoms with van der Waals surface area (Å²) in [5.41, 5.74) is 15.0. The molecule has 0 saturated carbocycles. The lowest BCUT2D eigenvalue weighted by molar-refractivity contribution is 1.19. The van der Waals surface area contributed by atoms with E-state index in [1.54, 1.807) is 0 Å². The lowest BCUT2D eigenvalue weighted by Crippen LogP contribution is -1.95. The Morgan fingerprint density at radius 2 is 0.904 bits per heavy atom. The largest absolute Gasteiger partial charge is 0.309 e. The van der Waals surface area contributed by atoms with Gasteiger partial charge in [0.15, 0.2) is 0 Å². The zero-order chi connectivity index (χ0) is 33.9. The number of aromatic nitrogens is 2. The van der Waals surface area contributed by atoms with Crippen molar-refractivity contribution in [2.75, 3.05) is 0 Å². The summed E-state index contributed by atoms with van der Waals surface area (Å²) in [6, 6.07) is 67.2. The molecule has 1 aliphatic carbocycles. The number of rotatable bonds is 3. The minimum atomic E-state index is 1.17. The number of para-hydroxylation sites is 2. The predicted octanol–water partition coefficient (Wildman–Crippen LogP) is 13.5. The Morgan fingerprint density at radius 1 is 0.308 bits per heavy atom. The predicted molar refractivity (Wildman–Crippen MR) is 220 cm³/mol. The van der Waals surface area contributed by atoms with Gasteiger partial charge in [-0.05, 0) is 92.7 Å². The van der Waals surface area contributed by atoms with Crippen LogP contribution in [0, 0.1) is 0 Å². The van der Waals surface area contributed by atoms with Crippen molar-refractivity contribution in [1.82, 2.24) is 9.13 Å². The van der Waals surface area contributed by atoms with Crippen molar-refractivity contribution >= 4 is 65.2 Å². The molecule has 0 saturated heterocycles. The highest BCUT2D eigenvalue weighted by Gasteiger charge is 2.24. The van der Waals surface area contributed by atoms with Crippen molar-refractivity contribution in [1.29, 1.82) is 0 Å². The van der Waals surface area contributed by atoms with Crippen LogP contribution in [-0.2, 0) is 0 Å². The Labute approximate surface area is 300 Å². The van der Waals surface area contributed by atoms with E-state index in [-0.39, 0.29) is 0 Å². The summed E-state index contributed by atoms with van der Waals surface area (Å²) in [4.78, 5) is 0. The average Bonchev–Trinajstić information content (AvgIpc) is 3.85. The number of hydrogen-bond acceptors (Lipinski definition) is 0. The monoisotopic (exact) mass is 658 g/mol. The van der Waals surface area contributed by atoms with E-state index in [1.165, 1.54) is 110 Å². The lowest BCUT2D eigenvalue weighted by atomic mass is 10.00. The fourth-order valence-corrected chi connectivity index (χ4v) is 9.21. The summed E-state index contributed by atoms with van der Waals surface area (Å²) in [5, 5.41) is 10.2. The maximum absolute atomic E-state index is 2.47. The fraction of sp³-hybridized carbons (Fsp3) is 0. The van der Waals surface area contributed by atoms with Crippen molar-refractivity contribution in [2.45, 2.75) is 0 Å². The molecule has 0 spiro atoms. The van der Waals surface area contributed by atoms with Crippen LogP contribution in [0.3, 0.4) is 0 Å². The summed E-state index contributed by atoms with van der Waals surface area (Å²) in [5.74, 6) is 0. The number of fused-ring (bicyclic) bond motifs is 11. The second-order valence-corrected chi connectivity index (χ2v) is 14.1. The van der Waals surface area contributed by atoms with Gasteiger partial charge in [0, 0.05) is 38.0 Å². The van der Waals surface area contributed by atoms with E-state index in [1.807, 2.05) is 0 Å². The van der Waals surface area contributed by atoms with Crippen molar-refractivity contribution < 1.29 is 0 Å². The van der Waals surface area contributed by atoms with Crippen molar-refractivity contribution in [2.24, 2.45) is 0 Å². The molecule has 9 aromatic carbocycles. The molecule has 2 heterocycles. The van der Waals surface area contributed by atoms with Crippen LogP contribution in [0.1, 0.15) is 0 Å². The molecule has 0 unspecified atom stereocenters. The van der Waals surface area contributed by atoms with E-state index >= 15 is 0 Å². The molecule has 2 aromatic heterocycles. The van der Waals surface area contributed by atoms with E-state index in [0.29, 0.717) is 0 Å². The zero-order valence-corrected chi connectivity index (χ0v) is 28.2. The Morgan fingerprint density at radius 3 is 1.71 bits per heavy atom. The first kappa shape index (κ1) is 27.9. The van der Waals surface area contributed by atoms with Gasteiger partial charge in [-0.1, -0.05) is 133 Å². The molecule has 0 atom stereocenters. The highest BCUT2D eigenvalue weighted by Crippen LogP contribution is 2.49. The van der Waals surface area contributed by atoms with Gasteiger partial charge in [-0.25, -0.2) is 0 Å². The molecule has 1 aliphatic rings. The molecule has 2 heteroatoms. The van der Waals surface area contributed by atoms with Crippen LogP contribution >= 0.6 is 0 Å². The normalized spacial score (nSPS) is 12.2. The minimum absolute atomic E-state index is 1.17. The molecule has 52 heavy (non-hydrogen) atoms. The van der Waals surface area contributed by atoms with E-state index in [4.69, 9.17) is 0 Å². The highest BCUT2D eigenvalue weighted by atomic mass is 15.0. The number of nitrogens with zero attached hydrogens (tertiary/aromatic N) is 2. The Hall–Kier alpha value is -6.90. The van der Waals surface area contributed by atoms with Crippen molar-refractivity contribution in [3.63, 3.8) is 0 Å². The molecule has 0 N–H and O–H groups in total. The van der Waals surface area contributed by atoms with Gasteiger partial charge in [0.05, 0.1) is 27.8 Å². The van der Waals surface area contributed by atoms with Gasteiger partial charge in [0.1, 0.15) is 0 Å². The van der Waals surface area contributed by atoms with Gasteiger partial charge < -0.3 is 9.13 Å². The first-order chi connectivity index (χ1) is 25.8. The second kappa shape index (κ2) is 10.3. The molecule has 0 fully saturated rings. The van der Waals surface area contributed by atoms with Gasteiger partial charge in [-0.2, -0.15) is 0 Å². The first-order valence-electron chi connectivity index (χ1n) is 18.0. The lowest BCUT2D eigenvalue weighted by Gasteiger charge is -2.13. The summed E-state index contributed by atoms with van der Waals surface area (Å²) in [6.07, 6.45) is 0. The van der Waals surface area contributed by atoms with Gasteiger partial charge in [-0.15, -0.1) is 0 Å². The third-order valence-electron chi connectivity index (χ3n) is 11.4. The summed E-state index contributed by atoms with van der Waals surface area (Å²) < 4.78 is 4.91. The summed E-state index contributed by atoms with van der Waals surface area (Å²) >= 11 is 0. The Bertz CT molecular complexity index is 3260. The van der Waals surface area contributed by atoms with Crippen molar-refractivity contribution in [3.8, 4) is 44.8 Å². The quantitative estimate of drug-likeness (QED) is 0.179. The molecule has 12 rings (SSSR count). The molecular weight excluding hydrogens is 629 g/mol. The van der Waals surface area contributed by atoms with E-state index in [9.17, 15) is 0 Å². The van der Waals surface area contributed by atoms with Gasteiger partial charge in [0.25, 0.3) is 0 Å². The fourth-order valence-electron chi connectivity index (χ4n) is 9.21.